The molecule has 1 aliphatic heterocycles. The predicted octanol–water partition coefficient (Wildman–Crippen LogP) is 1.70. The van der Waals surface area contributed by atoms with Crippen molar-refractivity contribution in [3.8, 4) is 5.75 Å². The van der Waals surface area contributed by atoms with Crippen LogP contribution in [0.5, 0.6) is 5.75 Å². The molecule has 0 amide bonds. The van der Waals surface area contributed by atoms with Crippen molar-refractivity contribution < 1.29 is 22.6 Å². The molecule has 118 valence electrons. The molecule has 0 unspecified atom stereocenters. The van der Waals surface area contributed by atoms with Crippen molar-refractivity contribution in [1.29, 1.82) is 0 Å². The number of hydrogen-bond acceptors (Lipinski definition) is 5. The van der Waals surface area contributed by atoms with Gasteiger partial charge in [-0.1, -0.05) is 0 Å². The monoisotopic (exact) mass is 315 g/mol. The number of nitrogens with one attached hydrogen (secondary N) is 1. The van der Waals surface area contributed by atoms with Crippen LogP contribution in [0.3, 0.4) is 0 Å². The van der Waals surface area contributed by atoms with Gasteiger partial charge in [0, 0.05) is 13.0 Å². The van der Waals surface area contributed by atoms with E-state index in [1.807, 2.05) is 0 Å². The summed E-state index contributed by atoms with van der Waals surface area (Å²) >= 11 is 0. The third-order valence-electron chi connectivity index (χ3n) is 3.30. The number of hydrogen-bond donors (Lipinski definition) is 1. The van der Waals surface area contributed by atoms with Gasteiger partial charge in [0.1, 0.15) is 5.75 Å². The third kappa shape index (κ3) is 3.74. The molecule has 1 aromatic carbocycles. The molecule has 7 heteroatoms. The maximum absolute atomic E-state index is 12.4. The second-order valence-corrected chi connectivity index (χ2v) is 6.75. The minimum absolute atomic E-state index is 0.197. The second-order valence-electron chi connectivity index (χ2n) is 5.05. The van der Waals surface area contributed by atoms with Crippen molar-refractivity contribution in [2.45, 2.75) is 44.7 Å². The Kier molecular flexibility index (Phi) is 4.88. The lowest BCUT2D eigenvalue weighted by atomic mass is 10.1. The highest BCUT2D eigenvalue weighted by Crippen LogP contribution is 2.25. The van der Waals surface area contributed by atoms with Crippen LogP contribution in [-0.4, -0.2) is 34.7 Å². The van der Waals surface area contributed by atoms with E-state index in [4.69, 9.17) is 14.2 Å². The molecule has 0 radical (unpaired) electrons. The molecule has 1 saturated heterocycles. The van der Waals surface area contributed by atoms with Crippen LogP contribution in [0.1, 0.15) is 24.5 Å². The number of benzene rings is 1. The van der Waals surface area contributed by atoms with Crippen LogP contribution in [0.15, 0.2) is 17.0 Å². The van der Waals surface area contributed by atoms with Gasteiger partial charge >= 0.3 is 0 Å². The fraction of sp³-hybridized carbons (Fsp3) is 0.571. The number of ether oxygens (including phenoxy) is 3. The zero-order valence-electron chi connectivity index (χ0n) is 12.7. The molecule has 0 spiro atoms. The fourth-order valence-electron chi connectivity index (χ4n) is 2.41. The highest BCUT2D eigenvalue weighted by atomic mass is 32.2. The average Bonchev–Trinajstić information content (AvgIpc) is 2.35. The van der Waals surface area contributed by atoms with Crippen LogP contribution >= 0.6 is 0 Å². The van der Waals surface area contributed by atoms with E-state index in [9.17, 15) is 8.42 Å². The third-order valence-corrected chi connectivity index (χ3v) is 5.06. The van der Waals surface area contributed by atoms with Gasteiger partial charge in [0.05, 0.1) is 12.0 Å². The minimum Gasteiger partial charge on any atom is -0.497 e. The Morgan fingerprint density at radius 1 is 1.24 bits per heavy atom. The zero-order valence-corrected chi connectivity index (χ0v) is 13.5. The Morgan fingerprint density at radius 3 is 2.29 bits per heavy atom. The van der Waals surface area contributed by atoms with Crippen molar-refractivity contribution in [2.24, 2.45) is 0 Å². The fourth-order valence-corrected chi connectivity index (χ4v) is 3.91. The Balaban J connectivity index is 2.05. The molecule has 6 nitrogen and oxygen atoms in total. The van der Waals surface area contributed by atoms with Crippen molar-refractivity contribution in [1.82, 2.24) is 4.72 Å². The Hall–Kier alpha value is -1.15. The lowest BCUT2D eigenvalue weighted by Crippen LogP contribution is -2.41. The number of rotatable bonds is 6. The average molecular weight is 315 g/mol. The maximum atomic E-state index is 12.4. The summed E-state index contributed by atoms with van der Waals surface area (Å²) in [7, 11) is -2.00. The van der Waals surface area contributed by atoms with Gasteiger partial charge in [-0.3, -0.25) is 0 Å². The maximum Gasteiger partial charge on any atom is 0.241 e. The van der Waals surface area contributed by atoms with Crippen LogP contribution in [-0.2, 0) is 19.5 Å². The number of methoxy groups -OCH3 is 1. The Labute approximate surface area is 125 Å². The predicted molar refractivity (Wildman–Crippen MR) is 77.7 cm³/mol. The van der Waals surface area contributed by atoms with Gasteiger partial charge in [-0.15, -0.1) is 0 Å². The van der Waals surface area contributed by atoms with E-state index < -0.39 is 10.0 Å². The molecule has 0 bridgehead atoms. The van der Waals surface area contributed by atoms with Crippen molar-refractivity contribution in [3.63, 3.8) is 0 Å². The van der Waals surface area contributed by atoms with E-state index in [2.05, 4.69) is 4.72 Å². The van der Waals surface area contributed by atoms with E-state index >= 15 is 0 Å². The first-order chi connectivity index (χ1) is 9.83. The Bertz CT molecular complexity index is 585. The largest absolute Gasteiger partial charge is 0.497 e. The molecular formula is C14H21NO5S. The van der Waals surface area contributed by atoms with Crippen molar-refractivity contribution >= 4 is 10.0 Å². The van der Waals surface area contributed by atoms with E-state index in [1.54, 1.807) is 40.0 Å². The van der Waals surface area contributed by atoms with Gasteiger partial charge in [0.2, 0.25) is 10.0 Å². The summed E-state index contributed by atoms with van der Waals surface area (Å²) in [5.74, 6) is 0.647. The number of aryl methyl sites for hydroxylation is 2. The standard InChI is InChI=1S/C14H21NO5S/c1-9-7-12(18-4)8-10(2)14(9)21(16,17)15-6-5-13-19-11(3)20-13/h7-8,11,13,15H,5-6H2,1-4H3. The van der Waals surface area contributed by atoms with Gasteiger partial charge < -0.3 is 14.2 Å². The summed E-state index contributed by atoms with van der Waals surface area (Å²) in [6, 6.07) is 3.42. The van der Waals surface area contributed by atoms with E-state index in [0.29, 0.717) is 28.2 Å². The normalized spacial score (nSPS) is 21.9. The summed E-state index contributed by atoms with van der Waals surface area (Å²) in [5, 5.41) is 0. The van der Waals surface area contributed by atoms with E-state index in [-0.39, 0.29) is 19.1 Å². The minimum atomic E-state index is -3.56. The van der Waals surface area contributed by atoms with Gasteiger partial charge in [-0.2, -0.15) is 0 Å². The van der Waals surface area contributed by atoms with Crippen LogP contribution in [0, 0.1) is 13.8 Å². The molecule has 0 aliphatic carbocycles. The SMILES string of the molecule is COc1cc(C)c(S(=O)(=O)NCCC2OC(C)O2)c(C)c1. The summed E-state index contributed by atoms with van der Waals surface area (Å²) in [5.41, 5.74) is 1.31. The lowest BCUT2D eigenvalue weighted by Gasteiger charge is -2.33. The zero-order chi connectivity index (χ0) is 15.6. The first-order valence-electron chi connectivity index (χ1n) is 6.79. The van der Waals surface area contributed by atoms with Crippen molar-refractivity contribution in [3.05, 3.63) is 23.3 Å². The first-order valence-corrected chi connectivity index (χ1v) is 8.27. The molecule has 21 heavy (non-hydrogen) atoms. The molecule has 1 fully saturated rings. The molecule has 0 saturated carbocycles. The molecule has 2 rings (SSSR count). The van der Waals surface area contributed by atoms with Gasteiger partial charge in [-0.05, 0) is 44.0 Å². The summed E-state index contributed by atoms with van der Waals surface area (Å²) in [4.78, 5) is 0.298. The molecule has 0 atom stereocenters. The van der Waals surface area contributed by atoms with Gasteiger partial charge in [0.25, 0.3) is 0 Å². The Morgan fingerprint density at radius 2 is 1.81 bits per heavy atom. The van der Waals surface area contributed by atoms with Crippen molar-refractivity contribution in [2.75, 3.05) is 13.7 Å². The smallest absolute Gasteiger partial charge is 0.241 e. The summed E-state index contributed by atoms with van der Waals surface area (Å²) < 4.78 is 43.0. The lowest BCUT2D eigenvalue weighted by molar-refractivity contribution is -0.376. The molecule has 1 aromatic rings. The molecule has 1 N–H and O–H groups in total. The first kappa shape index (κ1) is 16.2. The molecule has 1 heterocycles. The van der Waals surface area contributed by atoms with Crippen LogP contribution < -0.4 is 9.46 Å². The van der Waals surface area contributed by atoms with Crippen LogP contribution in [0.25, 0.3) is 0 Å². The topological polar surface area (TPSA) is 73.9 Å². The highest BCUT2D eigenvalue weighted by molar-refractivity contribution is 7.89. The molecule has 0 aromatic heterocycles. The highest BCUT2D eigenvalue weighted by Gasteiger charge is 2.27. The molecule has 1 aliphatic rings. The van der Waals surface area contributed by atoms with Gasteiger partial charge in [-0.25, -0.2) is 13.1 Å². The summed E-state index contributed by atoms with van der Waals surface area (Å²) in [6.07, 6.45) is -0.0314. The molecular weight excluding hydrogens is 294 g/mol. The quantitative estimate of drug-likeness (QED) is 0.865. The van der Waals surface area contributed by atoms with E-state index in [1.165, 1.54) is 0 Å². The second kappa shape index (κ2) is 6.31. The number of sulfonamides is 1. The van der Waals surface area contributed by atoms with Gasteiger partial charge in [0.15, 0.2) is 12.6 Å². The van der Waals surface area contributed by atoms with Crippen LogP contribution in [0.2, 0.25) is 0 Å². The van der Waals surface area contributed by atoms with E-state index in [0.717, 1.165) is 0 Å². The summed E-state index contributed by atoms with van der Waals surface area (Å²) in [6.45, 7) is 5.57. The van der Waals surface area contributed by atoms with Crippen LogP contribution in [0.4, 0.5) is 0 Å².